The van der Waals surface area contributed by atoms with Crippen molar-refractivity contribution < 1.29 is 31.8 Å². The molecule has 1 fully saturated rings. The van der Waals surface area contributed by atoms with Gasteiger partial charge in [0.1, 0.15) is 11.6 Å². The van der Waals surface area contributed by atoms with Crippen LogP contribution in [0.5, 0.6) is 17.2 Å². The van der Waals surface area contributed by atoms with E-state index >= 15 is 0 Å². The van der Waals surface area contributed by atoms with Crippen molar-refractivity contribution in [3.05, 3.63) is 47.8 Å². The minimum Gasteiger partial charge on any atom is -0.493 e. The van der Waals surface area contributed by atoms with Gasteiger partial charge in [-0.15, -0.1) is 13.2 Å². The molecule has 31 heavy (non-hydrogen) atoms. The number of rotatable bonds is 8. The average Bonchev–Trinajstić information content (AvgIpc) is 2.71. The van der Waals surface area contributed by atoms with Crippen molar-refractivity contribution in [1.82, 2.24) is 0 Å². The van der Waals surface area contributed by atoms with Crippen molar-refractivity contribution in [2.75, 3.05) is 19.0 Å². The Morgan fingerprint density at radius 1 is 1.00 bits per heavy atom. The summed E-state index contributed by atoms with van der Waals surface area (Å²) in [5.74, 6) is 0.687. The molecular formula is C23H27F4NO3. The SMILES string of the molecule is COc1ccc(NC2CCC(C)CC2)cc1OCCc1cc(OC(F)(F)F)ccc1F. The number of methoxy groups -OCH3 is 1. The van der Waals surface area contributed by atoms with Crippen LogP contribution in [0, 0.1) is 11.7 Å². The van der Waals surface area contributed by atoms with E-state index in [1.807, 2.05) is 12.1 Å². The van der Waals surface area contributed by atoms with Crippen LogP contribution < -0.4 is 19.5 Å². The standard InChI is InChI=1S/C23H27F4NO3/c1-15-3-5-17(6-4-15)28-18-7-10-21(29-2)22(14-18)30-12-11-16-13-19(8-9-20(16)24)31-23(25,26)27/h7-10,13-15,17,28H,3-6,11-12H2,1-2H3. The van der Waals surface area contributed by atoms with Crippen LogP contribution in [0.25, 0.3) is 0 Å². The zero-order chi connectivity index (χ0) is 22.4. The molecule has 2 aromatic carbocycles. The summed E-state index contributed by atoms with van der Waals surface area (Å²) in [5, 5.41) is 3.52. The van der Waals surface area contributed by atoms with Crippen LogP contribution in [0.4, 0.5) is 23.2 Å². The number of ether oxygens (including phenoxy) is 3. The minimum absolute atomic E-state index is 0.0626. The molecule has 0 radical (unpaired) electrons. The molecule has 1 N–H and O–H groups in total. The van der Waals surface area contributed by atoms with Crippen LogP contribution in [0.3, 0.4) is 0 Å². The summed E-state index contributed by atoms with van der Waals surface area (Å²) in [5.41, 5.74) is 0.980. The molecule has 0 bridgehead atoms. The molecule has 1 saturated carbocycles. The van der Waals surface area contributed by atoms with Crippen molar-refractivity contribution in [3.8, 4) is 17.2 Å². The van der Waals surface area contributed by atoms with E-state index in [1.165, 1.54) is 20.0 Å². The molecule has 0 amide bonds. The van der Waals surface area contributed by atoms with Gasteiger partial charge in [0.25, 0.3) is 0 Å². The number of anilines is 1. The first-order valence-corrected chi connectivity index (χ1v) is 10.3. The molecule has 1 aliphatic carbocycles. The van der Waals surface area contributed by atoms with Gasteiger partial charge in [0, 0.05) is 24.2 Å². The van der Waals surface area contributed by atoms with Gasteiger partial charge in [-0.2, -0.15) is 0 Å². The Balaban J connectivity index is 1.62. The molecule has 0 heterocycles. The van der Waals surface area contributed by atoms with Gasteiger partial charge in [-0.3, -0.25) is 0 Å². The molecule has 1 aliphatic rings. The van der Waals surface area contributed by atoms with Gasteiger partial charge in [0.15, 0.2) is 11.5 Å². The Bertz CT molecular complexity index is 864. The second kappa shape index (κ2) is 10.1. The van der Waals surface area contributed by atoms with E-state index in [0.29, 0.717) is 17.5 Å². The molecular weight excluding hydrogens is 414 g/mol. The molecule has 4 nitrogen and oxygen atoms in total. The Morgan fingerprint density at radius 2 is 1.74 bits per heavy atom. The fraction of sp³-hybridized carbons (Fsp3) is 0.478. The van der Waals surface area contributed by atoms with Gasteiger partial charge in [-0.25, -0.2) is 4.39 Å². The number of alkyl halides is 3. The Hall–Kier alpha value is -2.64. The fourth-order valence-electron chi connectivity index (χ4n) is 3.73. The lowest BCUT2D eigenvalue weighted by atomic mass is 9.87. The summed E-state index contributed by atoms with van der Waals surface area (Å²) in [7, 11) is 1.52. The van der Waals surface area contributed by atoms with Crippen LogP contribution in [-0.2, 0) is 6.42 Å². The van der Waals surface area contributed by atoms with Crippen molar-refractivity contribution in [1.29, 1.82) is 0 Å². The van der Waals surface area contributed by atoms with Gasteiger partial charge >= 0.3 is 6.36 Å². The average molecular weight is 441 g/mol. The molecule has 0 atom stereocenters. The van der Waals surface area contributed by atoms with Gasteiger partial charge in [0.05, 0.1) is 13.7 Å². The van der Waals surface area contributed by atoms with Crippen LogP contribution >= 0.6 is 0 Å². The third-order valence-electron chi connectivity index (χ3n) is 5.43. The molecule has 8 heteroatoms. The molecule has 0 aromatic heterocycles. The van der Waals surface area contributed by atoms with E-state index in [9.17, 15) is 17.6 Å². The maximum Gasteiger partial charge on any atom is 0.573 e. The highest BCUT2D eigenvalue weighted by atomic mass is 19.4. The normalized spacial score (nSPS) is 19.0. The smallest absolute Gasteiger partial charge is 0.493 e. The Morgan fingerprint density at radius 3 is 2.42 bits per heavy atom. The predicted octanol–water partition coefficient (Wildman–Crippen LogP) is 6.35. The van der Waals surface area contributed by atoms with E-state index in [2.05, 4.69) is 17.0 Å². The van der Waals surface area contributed by atoms with E-state index in [0.717, 1.165) is 42.6 Å². The quantitative estimate of drug-likeness (QED) is 0.485. The maximum absolute atomic E-state index is 14.0. The van der Waals surface area contributed by atoms with Gasteiger partial charge in [0.2, 0.25) is 0 Å². The Labute approximate surface area is 179 Å². The molecule has 0 aliphatic heterocycles. The zero-order valence-electron chi connectivity index (χ0n) is 17.6. The number of hydrogen-bond donors (Lipinski definition) is 1. The van der Waals surface area contributed by atoms with E-state index in [1.54, 1.807) is 6.07 Å². The number of hydrogen-bond acceptors (Lipinski definition) is 4. The van der Waals surface area contributed by atoms with Crippen molar-refractivity contribution in [3.63, 3.8) is 0 Å². The fourth-order valence-corrected chi connectivity index (χ4v) is 3.73. The van der Waals surface area contributed by atoms with Crippen molar-refractivity contribution >= 4 is 5.69 Å². The van der Waals surface area contributed by atoms with E-state index < -0.39 is 17.9 Å². The molecule has 0 spiro atoms. The van der Waals surface area contributed by atoms with E-state index in [4.69, 9.17) is 9.47 Å². The third-order valence-corrected chi connectivity index (χ3v) is 5.43. The number of nitrogens with one attached hydrogen (secondary N) is 1. The largest absolute Gasteiger partial charge is 0.573 e. The summed E-state index contributed by atoms with van der Waals surface area (Å²) >= 11 is 0. The zero-order valence-corrected chi connectivity index (χ0v) is 17.6. The summed E-state index contributed by atoms with van der Waals surface area (Å²) in [4.78, 5) is 0. The van der Waals surface area contributed by atoms with Crippen molar-refractivity contribution in [2.24, 2.45) is 5.92 Å². The first-order valence-electron chi connectivity index (χ1n) is 10.3. The highest BCUT2D eigenvalue weighted by molar-refractivity contribution is 5.55. The van der Waals surface area contributed by atoms with Gasteiger partial charge in [-0.05, 0) is 67.5 Å². The van der Waals surface area contributed by atoms with Crippen LogP contribution in [0.1, 0.15) is 38.2 Å². The van der Waals surface area contributed by atoms with Gasteiger partial charge < -0.3 is 19.5 Å². The summed E-state index contributed by atoms with van der Waals surface area (Å²) in [6.45, 7) is 2.33. The monoisotopic (exact) mass is 441 g/mol. The number of halogens is 4. The van der Waals surface area contributed by atoms with Crippen LogP contribution in [0.2, 0.25) is 0 Å². The molecule has 2 aromatic rings. The number of benzene rings is 2. The van der Waals surface area contributed by atoms with Crippen LogP contribution in [0.15, 0.2) is 36.4 Å². The third kappa shape index (κ3) is 6.94. The lowest BCUT2D eigenvalue weighted by Gasteiger charge is -2.28. The highest BCUT2D eigenvalue weighted by Crippen LogP contribution is 2.33. The Kier molecular flexibility index (Phi) is 7.51. The topological polar surface area (TPSA) is 39.7 Å². The maximum atomic E-state index is 14.0. The van der Waals surface area contributed by atoms with Crippen molar-refractivity contribution in [2.45, 2.75) is 51.4 Å². The summed E-state index contributed by atoms with van der Waals surface area (Å²) in [6, 6.07) is 8.87. The predicted molar refractivity (Wildman–Crippen MR) is 110 cm³/mol. The lowest BCUT2D eigenvalue weighted by Crippen LogP contribution is -2.25. The molecule has 3 rings (SSSR count). The first kappa shape index (κ1) is 23.0. The van der Waals surface area contributed by atoms with Crippen LogP contribution in [-0.4, -0.2) is 26.1 Å². The lowest BCUT2D eigenvalue weighted by molar-refractivity contribution is -0.274. The summed E-state index contributed by atoms with van der Waals surface area (Å²) < 4.78 is 66.2. The second-order valence-corrected chi connectivity index (χ2v) is 7.87. The highest BCUT2D eigenvalue weighted by Gasteiger charge is 2.31. The van der Waals surface area contributed by atoms with E-state index in [-0.39, 0.29) is 18.6 Å². The second-order valence-electron chi connectivity index (χ2n) is 7.87. The summed E-state index contributed by atoms with van der Waals surface area (Å²) in [6.07, 6.45) is -0.150. The molecule has 170 valence electrons. The molecule has 0 unspecified atom stereocenters. The molecule has 0 saturated heterocycles. The minimum atomic E-state index is -4.83. The first-order chi connectivity index (χ1) is 14.7. The van der Waals surface area contributed by atoms with Gasteiger partial charge in [-0.1, -0.05) is 6.92 Å².